The molecule has 1 aliphatic heterocycles. The Morgan fingerprint density at radius 3 is 2.22 bits per heavy atom. The second-order valence-electron chi connectivity index (χ2n) is 6.39. The maximum atomic E-state index is 12.5. The number of benzene rings is 3. The third-order valence-electron chi connectivity index (χ3n) is 4.73. The molecule has 3 nitrogen and oxygen atoms in total. The van der Waals surface area contributed by atoms with Gasteiger partial charge in [-0.15, -0.1) is 0 Å². The first-order valence-corrected chi connectivity index (χ1v) is 9.17. The second-order valence-corrected chi connectivity index (χ2v) is 6.39. The molecule has 3 aromatic carbocycles. The number of fused-ring (bicyclic) bond motifs is 1. The van der Waals surface area contributed by atoms with E-state index in [-0.39, 0.29) is 6.09 Å². The minimum absolute atomic E-state index is 0.314. The van der Waals surface area contributed by atoms with Crippen LogP contribution in [0.3, 0.4) is 0 Å². The van der Waals surface area contributed by atoms with Gasteiger partial charge in [0.05, 0.1) is 12.3 Å². The van der Waals surface area contributed by atoms with Crippen molar-refractivity contribution >= 4 is 17.9 Å². The number of nitrogens with zero attached hydrogens (tertiary/aromatic N) is 1. The third kappa shape index (κ3) is 3.36. The lowest BCUT2D eigenvalue weighted by Crippen LogP contribution is -2.43. The molecule has 0 atom stereocenters. The summed E-state index contributed by atoms with van der Waals surface area (Å²) < 4.78 is 5.29. The lowest BCUT2D eigenvalue weighted by molar-refractivity contribution is 0.128. The number of rotatable bonds is 3. The number of carbonyl (C=O) groups is 1. The van der Waals surface area contributed by atoms with Gasteiger partial charge < -0.3 is 4.74 Å². The summed E-state index contributed by atoms with van der Waals surface area (Å²) in [5.74, 6) is 0. The fourth-order valence-electron chi connectivity index (χ4n) is 3.45. The number of hydrogen-bond acceptors (Lipinski definition) is 2. The summed E-state index contributed by atoms with van der Waals surface area (Å²) in [6.07, 6.45) is 1.75. The van der Waals surface area contributed by atoms with Crippen molar-refractivity contribution in [2.45, 2.75) is 6.92 Å². The van der Waals surface area contributed by atoms with Crippen LogP contribution in [0.1, 0.15) is 12.5 Å². The summed E-state index contributed by atoms with van der Waals surface area (Å²) in [5.41, 5.74) is 4.22. The Bertz CT molecular complexity index is 1070. The van der Waals surface area contributed by atoms with Gasteiger partial charge >= 0.3 is 6.09 Å². The molecule has 0 spiro atoms. The van der Waals surface area contributed by atoms with Crippen molar-refractivity contribution < 1.29 is 9.53 Å². The molecule has 27 heavy (non-hydrogen) atoms. The highest BCUT2D eigenvalue weighted by Crippen LogP contribution is 2.24. The highest BCUT2D eigenvalue weighted by Gasteiger charge is 2.23. The van der Waals surface area contributed by atoms with Crippen LogP contribution in [0.2, 0.25) is 0 Å². The zero-order valence-corrected chi connectivity index (χ0v) is 15.3. The van der Waals surface area contributed by atoms with Crippen molar-refractivity contribution in [1.29, 1.82) is 0 Å². The maximum absolute atomic E-state index is 12.5. The van der Waals surface area contributed by atoms with Crippen molar-refractivity contribution in [1.82, 2.24) is 4.90 Å². The van der Waals surface area contributed by atoms with E-state index >= 15 is 0 Å². The molecule has 3 heteroatoms. The van der Waals surface area contributed by atoms with Crippen LogP contribution >= 0.6 is 0 Å². The first kappa shape index (κ1) is 17.1. The van der Waals surface area contributed by atoms with Crippen LogP contribution in [0.5, 0.6) is 0 Å². The number of ether oxygens (including phenoxy) is 1. The van der Waals surface area contributed by atoms with Gasteiger partial charge in [-0.1, -0.05) is 84.9 Å². The highest BCUT2D eigenvalue weighted by atomic mass is 16.6. The Kier molecular flexibility index (Phi) is 4.75. The average Bonchev–Trinajstić information content (AvgIpc) is 2.74. The molecule has 1 heterocycles. The highest BCUT2D eigenvalue weighted by molar-refractivity contribution is 5.84. The summed E-state index contributed by atoms with van der Waals surface area (Å²) >= 11 is 0. The fraction of sp³-hybridized carbons (Fsp3) is 0.125. The molecule has 4 rings (SSSR count). The summed E-state index contributed by atoms with van der Waals surface area (Å²) in [5, 5.41) is 2.18. The van der Waals surface area contributed by atoms with Crippen LogP contribution in [-0.4, -0.2) is 24.1 Å². The Hall–Kier alpha value is -3.33. The second kappa shape index (κ2) is 7.50. The Balaban J connectivity index is 1.83. The van der Waals surface area contributed by atoms with E-state index in [9.17, 15) is 4.79 Å². The predicted molar refractivity (Wildman–Crippen MR) is 108 cm³/mol. The van der Waals surface area contributed by atoms with E-state index in [0.29, 0.717) is 13.2 Å². The molecule has 0 aliphatic carbocycles. The Morgan fingerprint density at radius 1 is 0.852 bits per heavy atom. The molecule has 0 saturated heterocycles. The normalized spacial score (nSPS) is 12.9. The van der Waals surface area contributed by atoms with Gasteiger partial charge in [-0.25, -0.2) is 4.79 Å². The van der Waals surface area contributed by atoms with Gasteiger partial charge in [0.2, 0.25) is 0 Å². The van der Waals surface area contributed by atoms with Crippen molar-refractivity contribution in [3.8, 4) is 11.1 Å². The first-order valence-electron chi connectivity index (χ1n) is 9.17. The summed E-state index contributed by atoms with van der Waals surface area (Å²) in [4.78, 5) is 14.3. The minimum atomic E-state index is -0.314. The molecule has 0 aromatic heterocycles. The molecule has 1 amide bonds. The molecule has 0 bridgehead atoms. The fourth-order valence-corrected chi connectivity index (χ4v) is 3.45. The van der Waals surface area contributed by atoms with Crippen LogP contribution < -0.4 is 10.4 Å². The first-order chi connectivity index (χ1) is 13.3. The van der Waals surface area contributed by atoms with Crippen LogP contribution in [0.25, 0.3) is 22.9 Å². The quantitative estimate of drug-likeness (QED) is 0.716. The van der Waals surface area contributed by atoms with E-state index < -0.39 is 0 Å². The van der Waals surface area contributed by atoms with Crippen molar-refractivity contribution in [3.05, 3.63) is 94.9 Å². The van der Waals surface area contributed by atoms with Gasteiger partial charge in [0.1, 0.15) is 0 Å². The van der Waals surface area contributed by atoms with E-state index in [1.165, 1.54) is 5.56 Å². The zero-order valence-electron chi connectivity index (χ0n) is 15.3. The lowest BCUT2D eigenvalue weighted by atomic mass is 10.00. The predicted octanol–water partition coefficient (Wildman–Crippen LogP) is 3.76. The molecule has 3 aromatic rings. The van der Waals surface area contributed by atoms with Gasteiger partial charge in [0, 0.05) is 11.8 Å². The van der Waals surface area contributed by atoms with Gasteiger partial charge in [0.15, 0.2) is 0 Å². The largest absolute Gasteiger partial charge is 0.449 e. The van der Waals surface area contributed by atoms with Gasteiger partial charge in [0.25, 0.3) is 0 Å². The standard InChI is InChI=1S/C24H21NO2/c1-2-27-24(26)25-17-16-20-10-6-7-11-22(20)23(25)21-14-12-19(13-15-21)18-8-4-3-5-9-18/h3-16H,2,17H2,1H3. The Labute approximate surface area is 158 Å². The summed E-state index contributed by atoms with van der Waals surface area (Å²) in [6.45, 7) is 2.69. The van der Waals surface area contributed by atoms with Crippen molar-refractivity contribution in [2.24, 2.45) is 0 Å². The van der Waals surface area contributed by atoms with E-state index in [0.717, 1.165) is 27.3 Å². The molecular weight excluding hydrogens is 334 g/mol. The number of amides is 1. The van der Waals surface area contributed by atoms with Crippen molar-refractivity contribution in [2.75, 3.05) is 13.2 Å². The number of hydrogen-bond donors (Lipinski definition) is 0. The third-order valence-corrected chi connectivity index (χ3v) is 4.73. The van der Waals surface area contributed by atoms with Gasteiger partial charge in [-0.2, -0.15) is 0 Å². The molecule has 0 N–H and O–H groups in total. The molecule has 0 unspecified atom stereocenters. The van der Waals surface area contributed by atoms with E-state index in [1.54, 1.807) is 4.90 Å². The van der Waals surface area contributed by atoms with Crippen LogP contribution in [0.15, 0.2) is 78.9 Å². The Morgan fingerprint density at radius 2 is 1.48 bits per heavy atom. The lowest BCUT2D eigenvalue weighted by Gasteiger charge is -2.26. The van der Waals surface area contributed by atoms with Crippen molar-refractivity contribution in [3.63, 3.8) is 0 Å². The van der Waals surface area contributed by atoms with Crippen LogP contribution in [0, 0.1) is 0 Å². The summed E-state index contributed by atoms with van der Waals surface area (Å²) in [7, 11) is 0. The zero-order chi connectivity index (χ0) is 18.6. The number of carbonyl (C=O) groups excluding carboxylic acids is 1. The molecule has 1 aliphatic rings. The maximum Gasteiger partial charge on any atom is 0.414 e. The van der Waals surface area contributed by atoms with Crippen LogP contribution in [-0.2, 0) is 4.74 Å². The van der Waals surface area contributed by atoms with Crippen LogP contribution in [0.4, 0.5) is 4.79 Å². The minimum Gasteiger partial charge on any atom is -0.449 e. The van der Waals surface area contributed by atoms with E-state index in [1.807, 2.05) is 37.3 Å². The van der Waals surface area contributed by atoms with Gasteiger partial charge in [-0.05, 0) is 28.8 Å². The SMILES string of the molecule is CCOC(=O)N1CC=c2ccccc2=C1c1ccc(-c2ccccc2)cc1. The molecule has 0 fully saturated rings. The molecule has 134 valence electrons. The molecule has 0 saturated carbocycles. The monoisotopic (exact) mass is 355 g/mol. The van der Waals surface area contributed by atoms with Gasteiger partial charge in [-0.3, -0.25) is 4.90 Å². The summed E-state index contributed by atoms with van der Waals surface area (Å²) in [6, 6.07) is 26.8. The topological polar surface area (TPSA) is 29.5 Å². The molecule has 0 radical (unpaired) electrons. The van der Waals surface area contributed by atoms with E-state index in [2.05, 4.69) is 54.6 Å². The average molecular weight is 355 g/mol. The smallest absolute Gasteiger partial charge is 0.414 e. The van der Waals surface area contributed by atoms with E-state index in [4.69, 9.17) is 4.74 Å². The molecular formula is C24H21NO2.